The predicted octanol–water partition coefficient (Wildman–Crippen LogP) is 1.84. The fraction of sp³-hybridized carbons (Fsp3) is 0.571. The second-order valence-electron chi connectivity index (χ2n) is 5.23. The van der Waals surface area contributed by atoms with Crippen LogP contribution < -0.4 is 5.32 Å². The van der Waals surface area contributed by atoms with Gasteiger partial charge in [-0.15, -0.1) is 0 Å². The monoisotopic (exact) mass is 248 g/mol. The third-order valence-electron chi connectivity index (χ3n) is 3.28. The van der Waals surface area contributed by atoms with Crippen LogP contribution in [0.25, 0.3) is 0 Å². The minimum Gasteiger partial charge on any atom is -0.352 e. The Kier molecular flexibility index (Phi) is 3.55. The number of nitrogens with zero attached hydrogens (tertiary/aromatic N) is 1. The Hall–Kier alpha value is -1.58. The van der Waals surface area contributed by atoms with Crippen molar-refractivity contribution in [1.29, 1.82) is 0 Å². The fourth-order valence-electron chi connectivity index (χ4n) is 2.52. The van der Waals surface area contributed by atoms with E-state index in [-0.39, 0.29) is 17.7 Å². The van der Waals surface area contributed by atoms with Gasteiger partial charge in [-0.25, -0.2) is 0 Å². The summed E-state index contributed by atoms with van der Waals surface area (Å²) in [4.78, 5) is 23.6. The first-order chi connectivity index (χ1) is 8.49. The molecule has 1 aliphatic carbocycles. The average molecular weight is 248 g/mol. The second kappa shape index (κ2) is 4.96. The molecule has 0 saturated carbocycles. The maximum Gasteiger partial charge on any atom is 0.240 e. The Bertz CT molecular complexity index is 486. The van der Waals surface area contributed by atoms with Crippen molar-refractivity contribution < 1.29 is 9.59 Å². The van der Waals surface area contributed by atoms with E-state index in [0.29, 0.717) is 13.0 Å². The quantitative estimate of drug-likeness (QED) is 0.887. The van der Waals surface area contributed by atoms with E-state index < -0.39 is 0 Å². The SMILES string of the molecule is Cc1cc2c(n1CC(=O)NC(C)C)CCCC2=O. The zero-order chi connectivity index (χ0) is 13.3. The van der Waals surface area contributed by atoms with E-state index in [9.17, 15) is 9.59 Å². The van der Waals surface area contributed by atoms with Crippen LogP contribution >= 0.6 is 0 Å². The lowest BCUT2D eigenvalue weighted by Crippen LogP contribution is -2.34. The van der Waals surface area contributed by atoms with Crippen molar-refractivity contribution in [3.05, 3.63) is 23.0 Å². The third kappa shape index (κ3) is 2.47. The fourth-order valence-corrected chi connectivity index (χ4v) is 2.52. The molecule has 1 amide bonds. The van der Waals surface area contributed by atoms with Gasteiger partial charge >= 0.3 is 0 Å². The van der Waals surface area contributed by atoms with Crippen LogP contribution in [0.5, 0.6) is 0 Å². The molecule has 1 heterocycles. The molecule has 4 heteroatoms. The number of aryl methyl sites for hydroxylation is 1. The first kappa shape index (κ1) is 12.9. The van der Waals surface area contributed by atoms with Crippen LogP contribution in [0.1, 0.15) is 48.4 Å². The minimum atomic E-state index is 0.00419. The molecule has 0 bridgehead atoms. The third-order valence-corrected chi connectivity index (χ3v) is 3.28. The van der Waals surface area contributed by atoms with E-state index in [4.69, 9.17) is 0 Å². The zero-order valence-corrected chi connectivity index (χ0v) is 11.2. The van der Waals surface area contributed by atoms with Crippen molar-refractivity contribution in [3.8, 4) is 0 Å². The predicted molar refractivity (Wildman–Crippen MR) is 69.7 cm³/mol. The van der Waals surface area contributed by atoms with Crippen LogP contribution in [0.3, 0.4) is 0 Å². The Morgan fingerprint density at radius 1 is 1.44 bits per heavy atom. The lowest BCUT2D eigenvalue weighted by atomic mass is 9.97. The number of hydrogen-bond acceptors (Lipinski definition) is 2. The standard InChI is InChI=1S/C14H20N2O2/c1-9(2)15-14(18)8-16-10(3)7-11-12(16)5-4-6-13(11)17/h7,9H,4-6,8H2,1-3H3,(H,15,18). The van der Waals surface area contributed by atoms with E-state index in [0.717, 1.165) is 29.8 Å². The Morgan fingerprint density at radius 3 is 2.83 bits per heavy atom. The highest BCUT2D eigenvalue weighted by atomic mass is 16.2. The van der Waals surface area contributed by atoms with Gasteiger partial charge in [0.15, 0.2) is 5.78 Å². The first-order valence-corrected chi connectivity index (χ1v) is 6.50. The highest BCUT2D eigenvalue weighted by molar-refractivity contribution is 5.98. The van der Waals surface area contributed by atoms with Crippen LogP contribution in [-0.4, -0.2) is 22.3 Å². The summed E-state index contributed by atoms with van der Waals surface area (Å²) in [6, 6.07) is 2.06. The van der Waals surface area contributed by atoms with Gasteiger partial charge in [0.25, 0.3) is 0 Å². The number of ketones is 1. The molecule has 2 rings (SSSR count). The Labute approximate surface area is 107 Å². The summed E-state index contributed by atoms with van der Waals surface area (Å²) in [7, 11) is 0. The zero-order valence-electron chi connectivity index (χ0n) is 11.2. The summed E-state index contributed by atoms with van der Waals surface area (Å²) in [6.45, 7) is 6.15. The van der Waals surface area contributed by atoms with Gasteiger partial charge in [0.05, 0.1) is 0 Å². The van der Waals surface area contributed by atoms with Crippen LogP contribution in [-0.2, 0) is 17.8 Å². The van der Waals surface area contributed by atoms with E-state index in [1.807, 2.05) is 31.4 Å². The molecule has 1 aliphatic rings. The summed E-state index contributed by atoms with van der Waals surface area (Å²) < 4.78 is 1.98. The van der Waals surface area contributed by atoms with Crippen LogP contribution in [0, 0.1) is 6.92 Å². The molecule has 0 aromatic carbocycles. The van der Waals surface area contributed by atoms with Gasteiger partial charge in [0, 0.05) is 29.4 Å². The lowest BCUT2D eigenvalue weighted by molar-refractivity contribution is -0.122. The molecule has 1 aromatic rings. The number of fused-ring (bicyclic) bond motifs is 1. The number of aromatic nitrogens is 1. The molecule has 0 fully saturated rings. The number of hydrogen-bond donors (Lipinski definition) is 1. The summed E-state index contributed by atoms with van der Waals surface area (Å²) in [5, 5.41) is 2.88. The topological polar surface area (TPSA) is 51.1 Å². The molecule has 0 spiro atoms. The minimum absolute atomic E-state index is 0.00419. The van der Waals surface area contributed by atoms with E-state index >= 15 is 0 Å². The maximum atomic E-state index is 11.8. The molecule has 0 aliphatic heterocycles. The molecule has 4 nitrogen and oxygen atoms in total. The molecular weight excluding hydrogens is 228 g/mol. The summed E-state index contributed by atoms with van der Waals surface area (Å²) in [5.74, 6) is 0.215. The Morgan fingerprint density at radius 2 is 2.17 bits per heavy atom. The van der Waals surface area contributed by atoms with Gasteiger partial charge < -0.3 is 9.88 Å². The first-order valence-electron chi connectivity index (χ1n) is 6.50. The molecule has 18 heavy (non-hydrogen) atoms. The largest absolute Gasteiger partial charge is 0.352 e. The summed E-state index contributed by atoms with van der Waals surface area (Å²) in [5.41, 5.74) is 2.84. The van der Waals surface area contributed by atoms with Crippen molar-refractivity contribution >= 4 is 11.7 Å². The number of rotatable bonds is 3. The maximum absolute atomic E-state index is 11.8. The van der Waals surface area contributed by atoms with Crippen molar-refractivity contribution in [1.82, 2.24) is 9.88 Å². The molecule has 0 atom stereocenters. The van der Waals surface area contributed by atoms with Crippen molar-refractivity contribution in [2.24, 2.45) is 0 Å². The number of Topliss-reactive ketones (excluding diaryl/α,β-unsaturated/α-hetero) is 1. The Balaban J connectivity index is 2.23. The van der Waals surface area contributed by atoms with Crippen molar-refractivity contribution in [2.45, 2.75) is 52.6 Å². The van der Waals surface area contributed by atoms with Crippen LogP contribution in [0.4, 0.5) is 0 Å². The van der Waals surface area contributed by atoms with Crippen LogP contribution in [0.2, 0.25) is 0 Å². The van der Waals surface area contributed by atoms with Crippen molar-refractivity contribution in [2.75, 3.05) is 0 Å². The molecule has 0 unspecified atom stereocenters. The van der Waals surface area contributed by atoms with Gasteiger partial charge in [-0.3, -0.25) is 9.59 Å². The number of carbonyl (C=O) groups excluding carboxylic acids is 2. The van der Waals surface area contributed by atoms with Crippen molar-refractivity contribution in [3.63, 3.8) is 0 Å². The molecular formula is C14H20N2O2. The summed E-state index contributed by atoms with van der Waals surface area (Å²) >= 11 is 0. The van der Waals surface area contributed by atoms with E-state index in [2.05, 4.69) is 5.32 Å². The van der Waals surface area contributed by atoms with Gasteiger partial charge in [-0.1, -0.05) is 0 Å². The van der Waals surface area contributed by atoms with Gasteiger partial charge in [-0.05, 0) is 39.7 Å². The second-order valence-corrected chi connectivity index (χ2v) is 5.23. The van der Waals surface area contributed by atoms with E-state index in [1.54, 1.807) is 0 Å². The van der Waals surface area contributed by atoms with Gasteiger partial charge in [-0.2, -0.15) is 0 Å². The molecule has 1 N–H and O–H groups in total. The molecule has 98 valence electrons. The van der Waals surface area contributed by atoms with E-state index in [1.165, 1.54) is 0 Å². The summed E-state index contributed by atoms with van der Waals surface area (Å²) in [6.07, 6.45) is 2.42. The number of carbonyl (C=O) groups is 2. The van der Waals surface area contributed by atoms with Crippen LogP contribution in [0.15, 0.2) is 6.07 Å². The smallest absolute Gasteiger partial charge is 0.240 e. The normalized spacial score (nSPS) is 14.8. The highest BCUT2D eigenvalue weighted by Gasteiger charge is 2.23. The molecule has 0 saturated heterocycles. The average Bonchev–Trinajstić information content (AvgIpc) is 2.57. The highest BCUT2D eigenvalue weighted by Crippen LogP contribution is 2.24. The lowest BCUT2D eigenvalue weighted by Gasteiger charge is -2.16. The number of amides is 1. The molecule has 0 radical (unpaired) electrons. The van der Waals surface area contributed by atoms with Gasteiger partial charge in [0.2, 0.25) is 5.91 Å². The number of nitrogens with one attached hydrogen (secondary N) is 1. The molecule has 1 aromatic heterocycles. The van der Waals surface area contributed by atoms with Gasteiger partial charge in [0.1, 0.15) is 6.54 Å².